The minimum absolute atomic E-state index is 0.742. The van der Waals surface area contributed by atoms with Crippen molar-refractivity contribution in [2.24, 2.45) is 23.7 Å². The number of hydrogen-bond acceptors (Lipinski definition) is 2. The summed E-state index contributed by atoms with van der Waals surface area (Å²) in [6.45, 7) is 6.45. The highest BCUT2D eigenvalue weighted by molar-refractivity contribution is 5.31. The Balaban J connectivity index is 1.29. The summed E-state index contributed by atoms with van der Waals surface area (Å²) in [5.74, 6) is 5.51. The van der Waals surface area contributed by atoms with Gasteiger partial charge in [-0.3, -0.25) is 0 Å². The van der Waals surface area contributed by atoms with E-state index in [0.29, 0.717) is 0 Å². The zero-order chi connectivity index (χ0) is 19.6. The lowest BCUT2D eigenvalue weighted by molar-refractivity contribution is 0.178. The Kier molecular flexibility index (Phi) is 9.02. The normalized spacial score (nSPS) is 28.1. The number of ether oxygens (including phenoxy) is 2. The van der Waals surface area contributed by atoms with Crippen molar-refractivity contribution in [3.63, 3.8) is 0 Å². The number of benzene rings is 1. The van der Waals surface area contributed by atoms with Crippen molar-refractivity contribution < 1.29 is 9.47 Å². The molecule has 0 heterocycles. The van der Waals surface area contributed by atoms with Crippen molar-refractivity contribution in [3.8, 4) is 11.5 Å². The summed E-state index contributed by atoms with van der Waals surface area (Å²) in [4.78, 5) is 0. The maximum Gasteiger partial charge on any atom is 0.119 e. The van der Waals surface area contributed by atoms with Crippen molar-refractivity contribution in [1.29, 1.82) is 0 Å². The molecule has 2 heteroatoms. The smallest absolute Gasteiger partial charge is 0.119 e. The molecule has 0 radical (unpaired) electrons. The van der Waals surface area contributed by atoms with Crippen LogP contribution >= 0.6 is 0 Å². The van der Waals surface area contributed by atoms with Crippen LogP contribution in [0.1, 0.15) is 90.9 Å². The molecule has 0 aliphatic heterocycles. The first-order valence-corrected chi connectivity index (χ1v) is 12.1. The molecule has 1 aromatic rings. The van der Waals surface area contributed by atoms with Gasteiger partial charge in [0, 0.05) is 0 Å². The van der Waals surface area contributed by atoms with Crippen LogP contribution in [0, 0.1) is 23.7 Å². The molecule has 28 heavy (non-hydrogen) atoms. The first kappa shape index (κ1) is 21.5. The van der Waals surface area contributed by atoms with Gasteiger partial charge >= 0.3 is 0 Å². The van der Waals surface area contributed by atoms with Gasteiger partial charge in [0.25, 0.3) is 0 Å². The molecule has 2 saturated carbocycles. The SMILES string of the molecule is CCCC1CCC(COc2ccc(OCCCC3CCCCC3C)cc2)CC1. The molecule has 0 spiro atoms. The van der Waals surface area contributed by atoms with E-state index >= 15 is 0 Å². The molecule has 0 saturated heterocycles. The lowest BCUT2D eigenvalue weighted by Crippen LogP contribution is -2.20. The Morgan fingerprint density at radius 3 is 2.11 bits per heavy atom. The van der Waals surface area contributed by atoms with Gasteiger partial charge in [-0.25, -0.2) is 0 Å². The van der Waals surface area contributed by atoms with Gasteiger partial charge in [-0.1, -0.05) is 65.2 Å². The Hall–Kier alpha value is -1.18. The maximum atomic E-state index is 6.06. The molecule has 2 atom stereocenters. The van der Waals surface area contributed by atoms with Crippen molar-refractivity contribution >= 4 is 0 Å². The van der Waals surface area contributed by atoms with E-state index in [1.54, 1.807) is 0 Å². The Bertz CT molecular complexity index is 530. The first-order chi connectivity index (χ1) is 13.7. The largest absolute Gasteiger partial charge is 0.494 e. The van der Waals surface area contributed by atoms with Gasteiger partial charge in [-0.2, -0.15) is 0 Å². The average Bonchev–Trinajstić information content (AvgIpc) is 2.73. The van der Waals surface area contributed by atoms with Gasteiger partial charge in [-0.05, 0) is 73.6 Å². The van der Waals surface area contributed by atoms with Gasteiger partial charge in [0.2, 0.25) is 0 Å². The minimum Gasteiger partial charge on any atom is -0.494 e. The Morgan fingerprint density at radius 2 is 1.43 bits per heavy atom. The van der Waals surface area contributed by atoms with Crippen LogP contribution in [-0.4, -0.2) is 13.2 Å². The fourth-order valence-electron chi connectivity index (χ4n) is 5.30. The van der Waals surface area contributed by atoms with Gasteiger partial charge in [-0.15, -0.1) is 0 Å². The van der Waals surface area contributed by atoms with Crippen molar-refractivity contribution in [2.75, 3.05) is 13.2 Å². The summed E-state index contributed by atoms with van der Waals surface area (Å²) in [5, 5.41) is 0. The van der Waals surface area contributed by atoms with E-state index in [1.165, 1.54) is 77.0 Å². The molecule has 0 amide bonds. The van der Waals surface area contributed by atoms with E-state index in [4.69, 9.17) is 9.47 Å². The second-order valence-electron chi connectivity index (χ2n) is 9.47. The average molecular weight is 387 g/mol. The van der Waals surface area contributed by atoms with Gasteiger partial charge < -0.3 is 9.47 Å². The number of hydrogen-bond donors (Lipinski definition) is 0. The first-order valence-electron chi connectivity index (χ1n) is 12.1. The van der Waals surface area contributed by atoms with Crippen molar-refractivity contribution in [2.45, 2.75) is 90.9 Å². The molecular formula is C26H42O2. The van der Waals surface area contributed by atoms with Crippen LogP contribution in [0.5, 0.6) is 11.5 Å². The van der Waals surface area contributed by atoms with E-state index in [2.05, 4.69) is 38.1 Å². The third-order valence-corrected chi connectivity index (χ3v) is 7.25. The summed E-state index contributed by atoms with van der Waals surface area (Å²) >= 11 is 0. The predicted molar refractivity (Wildman–Crippen MR) is 118 cm³/mol. The lowest BCUT2D eigenvalue weighted by atomic mass is 9.78. The van der Waals surface area contributed by atoms with E-state index in [9.17, 15) is 0 Å². The van der Waals surface area contributed by atoms with Crippen molar-refractivity contribution in [1.82, 2.24) is 0 Å². The molecule has 158 valence electrons. The maximum absolute atomic E-state index is 6.06. The van der Waals surface area contributed by atoms with Crippen molar-refractivity contribution in [3.05, 3.63) is 24.3 Å². The molecule has 2 aliphatic carbocycles. The molecular weight excluding hydrogens is 344 g/mol. The monoisotopic (exact) mass is 386 g/mol. The summed E-state index contributed by atoms with van der Waals surface area (Å²) < 4.78 is 12.0. The lowest BCUT2D eigenvalue weighted by Gasteiger charge is -2.28. The topological polar surface area (TPSA) is 18.5 Å². The highest BCUT2D eigenvalue weighted by Crippen LogP contribution is 2.33. The molecule has 2 fully saturated rings. The quantitative estimate of drug-likeness (QED) is 0.384. The van der Waals surface area contributed by atoms with Gasteiger partial charge in [0.05, 0.1) is 13.2 Å². The molecule has 0 N–H and O–H groups in total. The standard InChI is InChI=1S/C26H42O2/c1-3-7-22-11-13-23(14-12-22)20-28-26-17-15-25(16-18-26)27-19-6-10-24-9-5-4-8-21(24)2/h15-18,21-24H,3-14,19-20H2,1-2H3. The molecule has 2 aliphatic rings. The van der Waals surface area contributed by atoms with Crippen LogP contribution in [0.4, 0.5) is 0 Å². The third-order valence-electron chi connectivity index (χ3n) is 7.25. The van der Waals surface area contributed by atoms with Crippen LogP contribution in [0.25, 0.3) is 0 Å². The second kappa shape index (κ2) is 11.7. The molecule has 1 aromatic carbocycles. The van der Waals surface area contributed by atoms with E-state index in [-0.39, 0.29) is 0 Å². The van der Waals surface area contributed by atoms with Crippen LogP contribution in [0.15, 0.2) is 24.3 Å². The summed E-state index contributed by atoms with van der Waals surface area (Å²) in [7, 11) is 0. The highest BCUT2D eigenvalue weighted by Gasteiger charge is 2.21. The zero-order valence-electron chi connectivity index (χ0n) is 18.3. The zero-order valence-corrected chi connectivity index (χ0v) is 18.3. The fourth-order valence-corrected chi connectivity index (χ4v) is 5.30. The molecule has 3 rings (SSSR count). The highest BCUT2D eigenvalue weighted by atomic mass is 16.5. The van der Waals surface area contributed by atoms with Gasteiger partial charge in [0.15, 0.2) is 0 Å². The van der Waals surface area contributed by atoms with E-state index in [0.717, 1.165) is 48.4 Å². The molecule has 2 nitrogen and oxygen atoms in total. The van der Waals surface area contributed by atoms with Crippen LogP contribution < -0.4 is 9.47 Å². The van der Waals surface area contributed by atoms with Crippen LogP contribution in [0.3, 0.4) is 0 Å². The summed E-state index contributed by atoms with van der Waals surface area (Å²) in [5.41, 5.74) is 0. The van der Waals surface area contributed by atoms with Crippen LogP contribution in [-0.2, 0) is 0 Å². The summed E-state index contributed by atoms with van der Waals surface area (Å²) in [6, 6.07) is 8.27. The molecule has 2 unspecified atom stereocenters. The summed E-state index contributed by atoms with van der Waals surface area (Å²) in [6.07, 6.45) is 16.4. The van der Waals surface area contributed by atoms with E-state index < -0.39 is 0 Å². The van der Waals surface area contributed by atoms with Crippen LogP contribution in [0.2, 0.25) is 0 Å². The molecule has 0 aromatic heterocycles. The third kappa shape index (κ3) is 7.01. The second-order valence-corrected chi connectivity index (χ2v) is 9.47. The Labute approximate surface area is 173 Å². The number of rotatable bonds is 10. The fraction of sp³-hybridized carbons (Fsp3) is 0.769. The molecule has 0 bridgehead atoms. The Morgan fingerprint density at radius 1 is 0.786 bits per heavy atom. The van der Waals surface area contributed by atoms with Gasteiger partial charge in [0.1, 0.15) is 11.5 Å². The predicted octanol–water partition coefficient (Wildman–Crippen LogP) is 7.66. The van der Waals surface area contributed by atoms with E-state index in [1.807, 2.05) is 0 Å². The minimum atomic E-state index is 0.742.